The fraction of sp³-hybridized carbons (Fsp3) is 0.364. The molecule has 1 aliphatic heterocycles. The van der Waals surface area contributed by atoms with Crippen molar-refractivity contribution < 1.29 is 19.0 Å². The van der Waals surface area contributed by atoms with E-state index in [-0.39, 0.29) is 12.5 Å². The average Bonchev–Trinajstić information content (AvgIpc) is 3.16. The van der Waals surface area contributed by atoms with Gasteiger partial charge >= 0.3 is 0 Å². The number of halogens is 1. The van der Waals surface area contributed by atoms with Crippen LogP contribution in [-0.2, 0) is 4.79 Å². The number of nitrogens with zero attached hydrogens (tertiary/aromatic N) is 3. The largest absolute Gasteiger partial charge is 0.486 e. The van der Waals surface area contributed by atoms with Crippen molar-refractivity contribution in [1.82, 2.24) is 9.88 Å². The van der Waals surface area contributed by atoms with Gasteiger partial charge in [0.2, 0.25) is 0 Å². The molecule has 0 aliphatic carbocycles. The van der Waals surface area contributed by atoms with Gasteiger partial charge in [-0.15, -0.1) is 0 Å². The molecule has 2 heterocycles. The van der Waals surface area contributed by atoms with Gasteiger partial charge in [-0.1, -0.05) is 22.9 Å². The van der Waals surface area contributed by atoms with Gasteiger partial charge in [-0.2, -0.15) is 0 Å². The second-order valence-electron chi connectivity index (χ2n) is 7.40. The van der Waals surface area contributed by atoms with Crippen molar-refractivity contribution in [3.05, 3.63) is 41.4 Å². The zero-order chi connectivity index (χ0) is 21.8. The number of aromatic nitrogens is 1. The van der Waals surface area contributed by atoms with Gasteiger partial charge in [0.05, 0.1) is 10.2 Å². The summed E-state index contributed by atoms with van der Waals surface area (Å²) in [4.78, 5) is 21.6. The van der Waals surface area contributed by atoms with Gasteiger partial charge in [-0.3, -0.25) is 9.69 Å². The summed E-state index contributed by atoms with van der Waals surface area (Å²) >= 11 is 7.37. The zero-order valence-corrected chi connectivity index (χ0v) is 19.0. The van der Waals surface area contributed by atoms with E-state index in [0.29, 0.717) is 47.2 Å². The number of hydrogen-bond acceptors (Lipinski definition) is 7. The second-order valence-corrected chi connectivity index (χ2v) is 8.85. The van der Waals surface area contributed by atoms with Gasteiger partial charge < -0.3 is 19.1 Å². The molecule has 0 saturated heterocycles. The van der Waals surface area contributed by atoms with Gasteiger partial charge in [-0.25, -0.2) is 4.98 Å². The van der Waals surface area contributed by atoms with Crippen molar-refractivity contribution in [1.29, 1.82) is 0 Å². The maximum atomic E-state index is 13.1. The Morgan fingerprint density at radius 2 is 1.84 bits per heavy atom. The molecule has 0 saturated carbocycles. The number of carbonyl (C=O) groups excluding carboxylic acids is 1. The van der Waals surface area contributed by atoms with Crippen LogP contribution >= 0.6 is 22.9 Å². The highest BCUT2D eigenvalue weighted by molar-refractivity contribution is 7.22. The lowest BCUT2D eigenvalue weighted by Crippen LogP contribution is -2.36. The van der Waals surface area contributed by atoms with E-state index >= 15 is 0 Å². The minimum atomic E-state index is -0.148. The third-order valence-corrected chi connectivity index (χ3v) is 6.03. The molecule has 0 radical (unpaired) electrons. The van der Waals surface area contributed by atoms with Crippen LogP contribution in [0.4, 0.5) is 5.13 Å². The highest BCUT2D eigenvalue weighted by Gasteiger charge is 2.22. The number of thiazole rings is 1. The summed E-state index contributed by atoms with van der Waals surface area (Å²) in [7, 11) is 4.02. The standard InChI is InChI=1S/C22H24ClN3O4S/c1-25(2)8-3-9-26(21(27)14-30-16-6-4-15(23)5-7-16)22-24-17-12-18-19(13-20(17)31-22)29-11-10-28-18/h4-7,12-13H,3,8-11,14H2,1-2H3. The summed E-state index contributed by atoms with van der Waals surface area (Å²) in [5.41, 5.74) is 0.785. The van der Waals surface area contributed by atoms with Crippen LogP contribution in [-0.4, -0.2) is 62.8 Å². The van der Waals surface area contributed by atoms with Crippen molar-refractivity contribution in [2.24, 2.45) is 0 Å². The van der Waals surface area contributed by atoms with Crippen molar-refractivity contribution in [2.75, 3.05) is 51.9 Å². The minimum Gasteiger partial charge on any atom is -0.486 e. The molecule has 164 valence electrons. The van der Waals surface area contributed by atoms with E-state index in [1.165, 1.54) is 11.3 Å². The maximum Gasteiger partial charge on any atom is 0.266 e. The maximum absolute atomic E-state index is 13.1. The monoisotopic (exact) mass is 461 g/mol. The number of benzene rings is 2. The molecule has 0 N–H and O–H groups in total. The van der Waals surface area contributed by atoms with Crippen LogP contribution in [0.2, 0.25) is 5.02 Å². The van der Waals surface area contributed by atoms with Gasteiger partial charge in [0.25, 0.3) is 5.91 Å². The molecule has 9 heteroatoms. The van der Waals surface area contributed by atoms with Crippen LogP contribution in [0.25, 0.3) is 10.2 Å². The number of fused-ring (bicyclic) bond motifs is 2. The lowest BCUT2D eigenvalue weighted by atomic mass is 10.3. The number of rotatable bonds is 8. The van der Waals surface area contributed by atoms with Crippen LogP contribution in [0.3, 0.4) is 0 Å². The van der Waals surface area contributed by atoms with E-state index in [1.807, 2.05) is 26.2 Å². The fourth-order valence-corrected chi connectivity index (χ4v) is 4.34. The summed E-state index contributed by atoms with van der Waals surface area (Å²) in [6.45, 7) is 2.38. The van der Waals surface area contributed by atoms with Crippen molar-refractivity contribution in [3.8, 4) is 17.2 Å². The SMILES string of the molecule is CN(C)CCCN(C(=O)COc1ccc(Cl)cc1)c1nc2cc3c(cc2s1)OCCO3. The minimum absolute atomic E-state index is 0.0811. The smallest absolute Gasteiger partial charge is 0.266 e. The summed E-state index contributed by atoms with van der Waals surface area (Å²) < 4.78 is 18.0. The number of amides is 1. The Morgan fingerprint density at radius 3 is 2.55 bits per heavy atom. The Morgan fingerprint density at radius 1 is 1.13 bits per heavy atom. The second kappa shape index (κ2) is 9.72. The highest BCUT2D eigenvalue weighted by Crippen LogP contribution is 2.38. The molecule has 1 aliphatic rings. The van der Waals surface area contributed by atoms with E-state index in [0.717, 1.165) is 23.2 Å². The first-order chi connectivity index (χ1) is 15.0. The number of ether oxygens (including phenoxy) is 3. The number of hydrogen-bond donors (Lipinski definition) is 0. The highest BCUT2D eigenvalue weighted by atomic mass is 35.5. The fourth-order valence-electron chi connectivity index (χ4n) is 3.19. The quantitative estimate of drug-likeness (QED) is 0.503. The molecule has 31 heavy (non-hydrogen) atoms. The van der Waals surface area contributed by atoms with E-state index in [4.69, 9.17) is 30.8 Å². The first kappa shape index (κ1) is 21.7. The third kappa shape index (κ3) is 5.39. The molecule has 3 aromatic rings. The molecule has 0 spiro atoms. The summed E-state index contributed by atoms with van der Waals surface area (Å²) in [5, 5.41) is 1.26. The molecular weight excluding hydrogens is 438 g/mol. The van der Waals surface area contributed by atoms with E-state index < -0.39 is 0 Å². The lowest BCUT2D eigenvalue weighted by Gasteiger charge is -2.21. The van der Waals surface area contributed by atoms with Crippen LogP contribution in [0, 0.1) is 0 Å². The predicted octanol–water partition coefficient (Wildman–Crippen LogP) is 4.08. The van der Waals surface area contributed by atoms with E-state index in [1.54, 1.807) is 29.2 Å². The Hall–Kier alpha value is -2.55. The van der Waals surface area contributed by atoms with Crippen molar-refractivity contribution in [2.45, 2.75) is 6.42 Å². The molecule has 7 nitrogen and oxygen atoms in total. The predicted molar refractivity (Wildman–Crippen MR) is 123 cm³/mol. The molecule has 0 atom stereocenters. The summed E-state index contributed by atoms with van der Waals surface area (Å²) in [6, 6.07) is 10.8. The Labute approximate surface area is 190 Å². The van der Waals surface area contributed by atoms with Crippen molar-refractivity contribution >= 4 is 44.2 Å². The van der Waals surface area contributed by atoms with Crippen LogP contribution < -0.4 is 19.1 Å². The molecule has 0 bridgehead atoms. The van der Waals surface area contributed by atoms with Crippen LogP contribution in [0.15, 0.2) is 36.4 Å². The molecule has 2 aromatic carbocycles. The van der Waals surface area contributed by atoms with Gasteiger partial charge in [0.1, 0.15) is 19.0 Å². The van der Waals surface area contributed by atoms with Gasteiger partial charge in [0.15, 0.2) is 23.2 Å². The summed E-state index contributed by atoms with van der Waals surface area (Å²) in [6.07, 6.45) is 0.818. The van der Waals surface area contributed by atoms with Crippen molar-refractivity contribution in [3.63, 3.8) is 0 Å². The first-order valence-electron chi connectivity index (χ1n) is 10.0. The number of carbonyl (C=O) groups is 1. The zero-order valence-electron chi connectivity index (χ0n) is 17.5. The number of anilines is 1. The molecular formula is C22H24ClN3O4S. The Bertz CT molecular complexity index is 1010. The lowest BCUT2D eigenvalue weighted by molar-refractivity contribution is -0.120. The summed E-state index contributed by atoms with van der Waals surface area (Å²) in [5.74, 6) is 1.85. The third-order valence-electron chi connectivity index (χ3n) is 4.74. The molecule has 1 amide bonds. The van der Waals surface area contributed by atoms with E-state index in [9.17, 15) is 4.79 Å². The van der Waals surface area contributed by atoms with Crippen LogP contribution in [0.1, 0.15) is 6.42 Å². The average molecular weight is 462 g/mol. The Balaban J connectivity index is 1.54. The molecule has 0 fully saturated rings. The normalized spacial score (nSPS) is 12.9. The molecule has 1 aromatic heterocycles. The molecule has 4 rings (SSSR count). The Kier molecular flexibility index (Phi) is 6.80. The van der Waals surface area contributed by atoms with E-state index in [2.05, 4.69) is 4.90 Å². The van der Waals surface area contributed by atoms with Crippen LogP contribution in [0.5, 0.6) is 17.2 Å². The first-order valence-corrected chi connectivity index (χ1v) is 11.2. The molecule has 0 unspecified atom stereocenters. The topological polar surface area (TPSA) is 64.1 Å². The van der Waals surface area contributed by atoms with Gasteiger partial charge in [-0.05, 0) is 51.3 Å². The van der Waals surface area contributed by atoms with Gasteiger partial charge in [0, 0.05) is 23.7 Å².